The summed E-state index contributed by atoms with van der Waals surface area (Å²) in [5, 5.41) is 24.2. The lowest BCUT2D eigenvalue weighted by atomic mass is 10.1. The largest absolute Gasteiger partial charge is 0.508 e. The Morgan fingerprint density at radius 3 is 2.29 bits per heavy atom. The van der Waals surface area contributed by atoms with Crippen molar-refractivity contribution in [3.05, 3.63) is 89.5 Å². The molecule has 0 saturated heterocycles. The van der Waals surface area contributed by atoms with Crippen molar-refractivity contribution >= 4 is 30.3 Å². The number of hydrogen-bond donors (Lipinski definition) is 5. The Balaban J connectivity index is 1.52. The summed E-state index contributed by atoms with van der Waals surface area (Å²) < 4.78 is 5.20. The van der Waals surface area contributed by atoms with Crippen LogP contribution >= 0.6 is 12.6 Å². The van der Waals surface area contributed by atoms with E-state index in [-0.39, 0.29) is 24.9 Å². The highest BCUT2D eigenvalue weighted by molar-refractivity contribution is 7.80. The molecule has 0 aliphatic carbocycles. The molecule has 160 valence electrons. The lowest BCUT2D eigenvalue weighted by Crippen LogP contribution is -2.31. The van der Waals surface area contributed by atoms with Gasteiger partial charge in [-0.15, -0.1) is 12.6 Å². The topological polar surface area (TPSA) is 108 Å². The van der Waals surface area contributed by atoms with Crippen LogP contribution < -0.4 is 10.6 Å². The molecule has 0 unspecified atom stereocenters. The van der Waals surface area contributed by atoms with E-state index in [9.17, 15) is 19.8 Å². The zero-order chi connectivity index (χ0) is 22.2. The van der Waals surface area contributed by atoms with Crippen molar-refractivity contribution in [3.63, 3.8) is 0 Å². The van der Waals surface area contributed by atoms with Crippen molar-refractivity contribution < 1.29 is 24.5 Å². The zero-order valence-electron chi connectivity index (χ0n) is 16.5. The number of carbonyl (C=O) groups excluding carboxylic acids is 2. The van der Waals surface area contributed by atoms with E-state index in [2.05, 4.69) is 23.3 Å². The Hall–Kier alpha value is -3.49. The van der Waals surface area contributed by atoms with Crippen molar-refractivity contribution in [2.24, 2.45) is 0 Å². The Kier molecular flexibility index (Phi) is 7.53. The second-order valence-electron chi connectivity index (χ2n) is 6.72. The molecule has 0 aliphatic rings. The first-order valence-corrected chi connectivity index (χ1v) is 9.92. The number of aliphatic hydroxyl groups is 1. The van der Waals surface area contributed by atoms with Gasteiger partial charge in [0.15, 0.2) is 0 Å². The lowest BCUT2D eigenvalue weighted by molar-refractivity contribution is 0.102. The second-order valence-corrected chi connectivity index (χ2v) is 7.20. The van der Waals surface area contributed by atoms with Crippen LogP contribution in [0, 0.1) is 0 Å². The molecule has 0 spiro atoms. The number of ether oxygens (including phenoxy) is 1. The molecule has 0 aliphatic heterocycles. The fourth-order valence-electron chi connectivity index (χ4n) is 2.80. The van der Waals surface area contributed by atoms with E-state index in [1.54, 1.807) is 48.5 Å². The predicted octanol–water partition coefficient (Wildman–Crippen LogP) is 3.89. The number of phenolic OH excluding ortho intramolecular Hbond substituents is 1. The van der Waals surface area contributed by atoms with Gasteiger partial charge in [0.1, 0.15) is 12.4 Å². The van der Waals surface area contributed by atoms with E-state index >= 15 is 0 Å². The standard InChI is InChI=1S/C23H22N2O5S/c26-13-20(16-9-11-18(27)12-10-16)25-23(29)30-14-15-5-7-17(8-6-15)22(28)24-19-3-1-2-4-21(19)31/h1-12,20,26-27,31H,13-14H2,(H,24,28)(H,25,29)/t20-/m1/s1. The van der Waals surface area contributed by atoms with Gasteiger partial charge in [-0.25, -0.2) is 4.79 Å². The van der Waals surface area contributed by atoms with E-state index in [1.165, 1.54) is 12.1 Å². The number of phenols is 1. The summed E-state index contributed by atoms with van der Waals surface area (Å²) in [4.78, 5) is 25.1. The first-order valence-electron chi connectivity index (χ1n) is 9.47. The molecule has 0 aromatic heterocycles. The minimum Gasteiger partial charge on any atom is -0.508 e. The van der Waals surface area contributed by atoms with E-state index in [0.29, 0.717) is 27.3 Å². The third-order valence-corrected chi connectivity index (χ3v) is 4.90. The average molecular weight is 439 g/mol. The number of thiol groups is 1. The highest BCUT2D eigenvalue weighted by Crippen LogP contribution is 2.20. The number of nitrogens with one attached hydrogen (secondary N) is 2. The maximum atomic E-state index is 12.4. The number of amides is 2. The summed E-state index contributed by atoms with van der Waals surface area (Å²) in [6.45, 7) is -0.319. The molecule has 0 heterocycles. The highest BCUT2D eigenvalue weighted by Gasteiger charge is 2.15. The van der Waals surface area contributed by atoms with Crippen molar-refractivity contribution in [3.8, 4) is 5.75 Å². The van der Waals surface area contributed by atoms with Gasteiger partial charge >= 0.3 is 6.09 Å². The van der Waals surface area contributed by atoms with Crippen molar-refractivity contribution in [1.82, 2.24) is 5.32 Å². The van der Waals surface area contributed by atoms with Crippen molar-refractivity contribution in [2.75, 3.05) is 11.9 Å². The molecule has 1 atom stereocenters. The van der Waals surface area contributed by atoms with Crippen LogP contribution in [0.5, 0.6) is 5.75 Å². The number of rotatable bonds is 7. The highest BCUT2D eigenvalue weighted by atomic mass is 32.1. The predicted molar refractivity (Wildman–Crippen MR) is 119 cm³/mol. The van der Waals surface area contributed by atoms with E-state index in [0.717, 1.165) is 0 Å². The third kappa shape index (κ3) is 6.24. The molecule has 8 heteroatoms. The lowest BCUT2D eigenvalue weighted by Gasteiger charge is -2.16. The van der Waals surface area contributed by atoms with Crippen LogP contribution in [0.4, 0.5) is 10.5 Å². The molecule has 0 bridgehead atoms. The molecule has 0 saturated carbocycles. The number of aromatic hydroxyl groups is 1. The normalized spacial score (nSPS) is 11.4. The molecule has 3 aromatic carbocycles. The molecule has 2 amide bonds. The summed E-state index contributed by atoms with van der Waals surface area (Å²) in [5.41, 5.74) is 2.41. The molecular weight excluding hydrogens is 416 g/mol. The maximum Gasteiger partial charge on any atom is 0.408 e. The second kappa shape index (κ2) is 10.5. The number of carbonyl (C=O) groups is 2. The third-order valence-electron chi connectivity index (χ3n) is 4.51. The number of hydrogen-bond acceptors (Lipinski definition) is 6. The maximum absolute atomic E-state index is 12.4. The van der Waals surface area contributed by atoms with Gasteiger partial charge in [-0.1, -0.05) is 36.4 Å². The first kappa shape index (κ1) is 22.2. The monoisotopic (exact) mass is 438 g/mol. The minimum atomic E-state index is -0.695. The zero-order valence-corrected chi connectivity index (χ0v) is 17.4. The van der Waals surface area contributed by atoms with Gasteiger partial charge in [-0.05, 0) is 47.5 Å². The van der Waals surface area contributed by atoms with E-state index in [4.69, 9.17) is 4.74 Å². The Bertz CT molecular complexity index is 1040. The number of anilines is 1. The Labute approximate surface area is 185 Å². The average Bonchev–Trinajstić information content (AvgIpc) is 2.78. The fourth-order valence-corrected chi connectivity index (χ4v) is 3.02. The quantitative estimate of drug-likeness (QED) is 0.360. The Morgan fingerprint density at radius 1 is 0.968 bits per heavy atom. The van der Waals surface area contributed by atoms with Gasteiger partial charge in [0.2, 0.25) is 0 Å². The Morgan fingerprint density at radius 2 is 1.65 bits per heavy atom. The molecular formula is C23H22N2O5S. The van der Waals surface area contributed by atoms with Crippen molar-refractivity contribution in [2.45, 2.75) is 17.5 Å². The van der Waals surface area contributed by atoms with Gasteiger partial charge in [-0.2, -0.15) is 0 Å². The van der Waals surface area contributed by atoms with Crippen LogP contribution in [0.1, 0.15) is 27.5 Å². The van der Waals surface area contributed by atoms with Gasteiger partial charge < -0.3 is 25.6 Å². The number of aliphatic hydroxyl groups excluding tert-OH is 1. The van der Waals surface area contributed by atoms with Crippen LogP contribution in [0.15, 0.2) is 77.7 Å². The van der Waals surface area contributed by atoms with E-state index in [1.807, 2.05) is 12.1 Å². The van der Waals surface area contributed by atoms with Gasteiger partial charge in [-0.3, -0.25) is 4.79 Å². The summed E-state index contributed by atoms with van der Waals surface area (Å²) in [6.07, 6.45) is -0.695. The van der Waals surface area contributed by atoms with Gasteiger partial charge in [0, 0.05) is 10.5 Å². The van der Waals surface area contributed by atoms with Crippen LogP contribution in [-0.2, 0) is 11.3 Å². The smallest absolute Gasteiger partial charge is 0.408 e. The first-order chi connectivity index (χ1) is 15.0. The summed E-state index contributed by atoms with van der Waals surface area (Å²) >= 11 is 4.31. The number of benzene rings is 3. The summed E-state index contributed by atoms with van der Waals surface area (Å²) in [7, 11) is 0. The van der Waals surface area contributed by atoms with Crippen LogP contribution in [0.3, 0.4) is 0 Å². The molecule has 31 heavy (non-hydrogen) atoms. The van der Waals surface area contributed by atoms with Crippen LogP contribution in [-0.4, -0.2) is 28.8 Å². The molecule has 0 radical (unpaired) electrons. The van der Waals surface area contributed by atoms with Crippen LogP contribution in [0.25, 0.3) is 0 Å². The van der Waals surface area contributed by atoms with Gasteiger partial charge in [0.25, 0.3) is 5.91 Å². The van der Waals surface area contributed by atoms with Crippen LogP contribution in [0.2, 0.25) is 0 Å². The fraction of sp³-hybridized carbons (Fsp3) is 0.130. The number of alkyl carbamates (subject to hydrolysis) is 1. The molecule has 3 aromatic rings. The SMILES string of the molecule is O=C(N[C@H](CO)c1ccc(O)cc1)OCc1ccc(C(=O)Nc2ccccc2S)cc1. The minimum absolute atomic E-state index is 0.000925. The summed E-state index contributed by atoms with van der Waals surface area (Å²) in [6, 6.07) is 19.3. The molecule has 0 fully saturated rings. The van der Waals surface area contributed by atoms with Crippen molar-refractivity contribution in [1.29, 1.82) is 0 Å². The molecule has 4 N–H and O–H groups in total. The van der Waals surface area contributed by atoms with Gasteiger partial charge in [0.05, 0.1) is 18.3 Å². The van der Waals surface area contributed by atoms with E-state index < -0.39 is 12.1 Å². The molecule has 7 nitrogen and oxygen atoms in total. The molecule has 3 rings (SSSR count). The summed E-state index contributed by atoms with van der Waals surface area (Å²) in [5.74, 6) is -0.179. The number of para-hydroxylation sites is 1.